The monoisotopic (exact) mass is 447 g/mol. The van der Waals surface area contributed by atoms with Gasteiger partial charge in [-0.05, 0) is 61.7 Å². The number of hydrogen-bond acceptors (Lipinski definition) is 6. The Labute approximate surface area is 195 Å². The lowest BCUT2D eigenvalue weighted by atomic mass is 10.0. The fourth-order valence-corrected chi connectivity index (χ4v) is 3.94. The summed E-state index contributed by atoms with van der Waals surface area (Å²) in [6.45, 7) is 1.96. The number of anilines is 1. The van der Waals surface area contributed by atoms with Gasteiger partial charge in [0, 0.05) is 35.1 Å². The number of nitrogens with one attached hydrogen (secondary N) is 1. The lowest BCUT2D eigenvalue weighted by Gasteiger charge is -2.09. The second kappa shape index (κ2) is 8.15. The molecule has 1 fully saturated rings. The van der Waals surface area contributed by atoms with Gasteiger partial charge in [-0.2, -0.15) is 0 Å². The number of carbonyl (C=O) groups is 1. The van der Waals surface area contributed by atoms with Crippen LogP contribution in [0.5, 0.6) is 0 Å². The van der Waals surface area contributed by atoms with Crippen molar-refractivity contribution in [2.75, 3.05) is 5.32 Å². The fraction of sp³-hybridized carbons (Fsp3) is 0.154. The molecule has 8 heteroatoms. The Kier molecular flexibility index (Phi) is 4.83. The van der Waals surface area contributed by atoms with Crippen LogP contribution in [-0.2, 0) is 0 Å². The van der Waals surface area contributed by atoms with E-state index in [1.165, 1.54) is 0 Å². The Bertz CT molecular complexity index is 1520. The molecule has 0 atom stereocenters. The molecule has 6 rings (SSSR count). The molecule has 166 valence electrons. The summed E-state index contributed by atoms with van der Waals surface area (Å²) in [7, 11) is 0. The number of fused-ring (bicyclic) bond motifs is 1. The van der Waals surface area contributed by atoms with Crippen LogP contribution in [-0.4, -0.2) is 35.6 Å². The molecule has 34 heavy (non-hydrogen) atoms. The minimum absolute atomic E-state index is 0.273. The van der Waals surface area contributed by atoms with Crippen molar-refractivity contribution in [3.8, 4) is 22.6 Å². The van der Waals surface area contributed by atoms with Gasteiger partial charge in [0.15, 0.2) is 5.82 Å². The zero-order valence-corrected chi connectivity index (χ0v) is 18.5. The van der Waals surface area contributed by atoms with Gasteiger partial charge in [0.2, 0.25) is 0 Å². The minimum atomic E-state index is -0.273. The Morgan fingerprint density at radius 2 is 1.88 bits per heavy atom. The molecule has 0 bridgehead atoms. The summed E-state index contributed by atoms with van der Waals surface area (Å²) in [6.07, 6.45) is 7.42. The Hall–Kier alpha value is -4.46. The average Bonchev–Trinajstić information content (AvgIpc) is 3.59. The molecular weight excluding hydrogens is 426 g/mol. The molecule has 0 spiro atoms. The second-order valence-corrected chi connectivity index (χ2v) is 8.47. The molecule has 0 radical (unpaired) electrons. The summed E-state index contributed by atoms with van der Waals surface area (Å²) >= 11 is 0. The predicted molar refractivity (Wildman–Crippen MR) is 129 cm³/mol. The van der Waals surface area contributed by atoms with Crippen LogP contribution in [0.4, 0.5) is 5.82 Å². The number of aromatic nitrogens is 6. The standard InChI is InChI=1S/C26H21N7O/c1-16-5-6-18(13-27-16)17-7-10-22-19(11-17)12-20(14-28-22)26(34)31-24-4-2-3-23(30-24)25-32-29-15-33(25)21-8-9-21/h2-7,10-15,21H,8-9H2,1H3,(H,30,31,34). The molecule has 4 aromatic heterocycles. The number of aryl methyl sites for hydroxylation is 1. The molecule has 1 aliphatic carbocycles. The maximum atomic E-state index is 13.0. The van der Waals surface area contributed by atoms with Gasteiger partial charge >= 0.3 is 0 Å². The summed E-state index contributed by atoms with van der Waals surface area (Å²) in [5.41, 5.74) is 4.96. The molecule has 1 aliphatic rings. The van der Waals surface area contributed by atoms with Crippen molar-refractivity contribution in [1.29, 1.82) is 0 Å². The lowest BCUT2D eigenvalue weighted by molar-refractivity contribution is 0.102. The van der Waals surface area contributed by atoms with Crippen molar-refractivity contribution >= 4 is 22.6 Å². The molecule has 8 nitrogen and oxygen atoms in total. The average molecular weight is 448 g/mol. The van der Waals surface area contributed by atoms with Crippen LogP contribution in [0.15, 0.2) is 73.3 Å². The van der Waals surface area contributed by atoms with Crippen LogP contribution in [0.1, 0.15) is 34.9 Å². The van der Waals surface area contributed by atoms with Gasteiger partial charge in [-0.1, -0.05) is 18.2 Å². The van der Waals surface area contributed by atoms with Crippen LogP contribution in [0.25, 0.3) is 33.5 Å². The highest BCUT2D eigenvalue weighted by Crippen LogP contribution is 2.37. The maximum absolute atomic E-state index is 13.0. The number of pyridine rings is 3. The predicted octanol–water partition coefficient (Wildman–Crippen LogP) is 4.85. The number of nitrogens with zero attached hydrogens (tertiary/aromatic N) is 6. The zero-order valence-electron chi connectivity index (χ0n) is 18.5. The van der Waals surface area contributed by atoms with E-state index in [2.05, 4.69) is 30.5 Å². The van der Waals surface area contributed by atoms with Crippen LogP contribution < -0.4 is 5.32 Å². The van der Waals surface area contributed by atoms with Crippen molar-refractivity contribution in [2.24, 2.45) is 0 Å². The number of amides is 1. The molecular formula is C26H21N7O. The van der Waals surface area contributed by atoms with Crippen LogP contribution in [0.2, 0.25) is 0 Å². The molecule has 0 saturated heterocycles. The van der Waals surface area contributed by atoms with E-state index in [0.717, 1.165) is 40.6 Å². The van der Waals surface area contributed by atoms with Crippen molar-refractivity contribution in [3.05, 3.63) is 84.6 Å². The molecule has 1 aromatic carbocycles. The smallest absolute Gasteiger partial charge is 0.258 e. The SMILES string of the molecule is Cc1ccc(-c2ccc3ncc(C(=O)Nc4cccc(-c5nncn5C5CC5)n4)cc3c2)cn1. The van der Waals surface area contributed by atoms with Gasteiger partial charge in [-0.3, -0.25) is 14.8 Å². The van der Waals surface area contributed by atoms with E-state index in [-0.39, 0.29) is 5.91 Å². The highest BCUT2D eigenvalue weighted by Gasteiger charge is 2.27. The molecule has 4 heterocycles. The summed E-state index contributed by atoms with van der Waals surface area (Å²) in [5, 5.41) is 12.0. The molecule has 1 amide bonds. The first-order valence-corrected chi connectivity index (χ1v) is 11.2. The third-order valence-corrected chi connectivity index (χ3v) is 5.92. The normalized spacial score (nSPS) is 13.2. The van der Waals surface area contributed by atoms with E-state index in [4.69, 9.17) is 0 Å². The Morgan fingerprint density at radius 1 is 1.00 bits per heavy atom. The summed E-state index contributed by atoms with van der Waals surface area (Å²) in [5.74, 6) is 0.890. The Morgan fingerprint density at radius 3 is 2.71 bits per heavy atom. The van der Waals surface area contributed by atoms with Crippen LogP contribution in [0, 0.1) is 6.92 Å². The third-order valence-electron chi connectivity index (χ3n) is 5.92. The quantitative estimate of drug-likeness (QED) is 0.414. The first kappa shape index (κ1) is 20.2. The number of hydrogen-bond donors (Lipinski definition) is 1. The van der Waals surface area contributed by atoms with Crippen molar-refractivity contribution in [3.63, 3.8) is 0 Å². The summed E-state index contributed by atoms with van der Waals surface area (Å²) in [4.78, 5) is 26.4. The second-order valence-electron chi connectivity index (χ2n) is 8.47. The first-order chi connectivity index (χ1) is 16.6. The van der Waals surface area contributed by atoms with Crippen molar-refractivity contribution in [2.45, 2.75) is 25.8 Å². The Balaban J connectivity index is 1.26. The number of rotatable bonds is 5. The molecule has 1 N–H and O–H groups in total. The fourth-order valence-electron chi connectivity index (χ4n) is 3.94. The van der Waals surface area contributed by atoms with E-state index in [1.54, 1.807) is 18.6 Å². The van der Waals surface area contributed by atoms with E-state index in [0.29, 0.717) is 28.9 Å². The largest absolute Gasteiger partial charge is 0.309 e. The molecule has 5 aromatic rings. The first-order valence-electron chi connectivity index (χ1n) is 11.2. The highest BCUT2D eigenvalue weighted by atomic mass is 16.1. The highest BCUT2D eigenvalue weighted by molar-refractivity contribution is 6.05. The summed E-state index contributed by atoms with van der Waals surface area (Å²) < 4.78 is 2.04. The molecule has 0 unspecified atom stereocenters. The maximum Gasteiger partial charge on any atom is 0.258 e. The minimum Gasteiger partial charge on any atom is -0.309 e. The zero-order chi connectivity index (χ0) is 23.1. The topological polar surface area (TPSA) is 98.5 Å². The molecule has 1 saturated carbocycles. The van der Waals surface area contributed by atoms with E-state index in [9.17, 15) is 4.79 Å². The van der Waals surface area contributed by atoms with Gasteiger partial charge in [0.1, 0.15) is 17.8 Å². The van der Waals surface area contributed by atoms with E-state index < -0.39 is 0 Å². The van der Waals surface area contributed by atoms with E-state index >= 15 is 0 Å². The van der Waals surface area contributed by atoms with Crippen LogP contribution >= 0.6 is 0 Å². The number of benzene rings is 1. The van der Waals surface area contributed by atoms with Gasteiger partial charge in [-0.25, -0.2) is 4.98 Å². The molecule has 0 aliphatic heterocycles. The van der Waals surface area contributed by atoms with Gasteiger partial charge in [0.25, 0.3) is 5.91 Å². The van der Waals surface area contributed by atoms with E-state index in [1.807, 2.05) is 66.2 Å². The summed E-state index contributed by atoms with van der Waals surface area (Å²) in [6, 6.07) is 17.8. The van der Waals surface area contributed by atoms with Gasteiger partial charge in [0.05, 0.1) is 11.1 Å². The van der Waals surface area contributed by atoms with Crippen molar-refractivity contribution in [1.82, 2.24) is 29.7 Å². The van der Waals surface area contributed by atoms with Gasteiger partial charge in [-0.15, -0.1) is 10.2 Å². The lowest BCUT2D eigenvalue weighted by Crippen LogP contribution is -2.13. The number of carbonyl (C=O) groups excluding carboxylic acids is 1. The van der Waals surface area contributed by atoms with Crippen molar-refractivity contribution < 1.29 is 4.79 Å². The van der Waals surface area contributed by atoms with Crippen LogP contribution in [0.3, 0.4) is 0 Å². The third kappa shape index (κ3) is 3.90. The van der Waals surface area contributed by atoms with Gasteiger partial charge < -0.3 is 9.88 Å².